The van der Waals surface area contributed by atoms with Crippen molar-refractivity contribution in [2.45, 2.75) is 4.90 Å². The van der Waals surface area contributed by atoms with Crippen molar-refractivity contribution in [2.75, 3.05) is 32.8 Å². The average Bonchev–Trinajstić information content (AvgIpc) is 2.82. The molecule has 152 valence electrons. The van der Waals surface area contributed by atoms with Crippen LogP contribution in [-0.4, -0.2) is 42.5 Å². The second-order valence-electron chi connectivity index (χ2n) is 6.56. The standard InChI is InChI=1S/C23H22N4O2S/c1-24-23-26-19-11-21(29-3)20(28-2)10-18(19)22(27-23)16-9-15(12-25-13-16)14-5-7-17(30-4)8-6-14/h5-13H,1-4H3,(H,24,26,27). The fraction of sp³-hybridized carbons (Fsp3) is 0.174. The molecule has 0 saturated heterocycles. The van der Waals surface area contributed by atoms with Crippen LogP contribution < -0.4 is 14.8 Å². The van der Waals surface area contributed by atoms with Crippen LogP contribution in [0.25, 0.3) is 33.3 Å². The first kappa shape index (κ1) is 20.0. The molecule has 0 aliphatic heterocycles. The van der Waals surface area contributed by atoms with Gasteiger partial charge in [0.05, 0.1) is 25.4 Å². The third-order valence-electron chi connectivity index (χ3n) is 4.86. The van der Waals surface area contributed by atoms with Crippen molar-refractivity contribution in [2.24, 2.45) is 0 Å². The minimum Gasteiger partial charge on any atom is -0.493 e. The number of fused-ring (bicyclic) bond motifs is 1. The molecular formula is C23H22N4O2S. The average molecular weight is 419 g/mol. The minimum absolute atomic E-state index is 0.527. The molecule has 2 aromatic heterocycles. The van der Waals surface area contributed by atoms with Crippen LogP contribution in [0.1, 0.15) is 0 Å². The van der Waals surface area contributed by atoms with E-state index in [1.165, 1.54) is 4.90 Å². The number of rotatable bonds is 6. The lowest BCUT2D eigenvalue weighted by Crippen LogP contribution is -2.00. The van der Waals surface area contributed by atoms with Gasteiger partial charge in [0, 0.05) is 46.9 Å². The molecule has 7 heteroatoms. The van der Waals surface area contributed by atoms with Crippen LogP contribution in [0.4, 0.5) is 5.95 Å². The van der Waals surface area contributed by atoms with Crippen LogP contribution in [-0.2, 0) is 0 Å². The zero-order chi connectivity index (χ0) is 21.1. The first-order chi connectivity index (χ1) is 14.7. The molecule has 0 unspecified atom stereocenters. The number of nitrogens with one attached hydrogen (secondary N) is 1. The van der Waals surface area contributed by atoms with Crippen molar-refractivity contribution in [3.8, 4) is 33.9 Å². The van der Waals surface area contributed by atoms with Crippen LogP contribution in [0.5, 0.6) is 11.5 Å². The van der Waals surface area contributed by atoms with E-state index < -0.39 is 0 Å². The molecule has 0 atom stereocenters. The summed E-state index contributed by atoms with van der Waals surface area (Å²) in [6, 6.07) is 14.3. The molecule has 2 aromatic carbocycles. The zero-order valence-electron chi connectivity index (χ0n) is 17.3. The van der Waals surface area contributed by atoms with Gasteiger partial charge >= 0.3 is 0 Å². The quantitative estimate of drug-likeness (QED) is 0.435. The summed E-state index contributed by atoms with van der Waals surface area (Å²) in [4.78, 5) is 15.0. The highest BCUT2D eigenvalue weighted by Crippen LogP contribution is 2.36. The molecule has 0 amide bonds. The molecule has 1 N–H and O–H groups in total. The maximum absolute atomic E-state index is 5.49. The number of aromatic nitrogens is 3. The molecule has 0 radical (unpaired) electrons. The summed E-state index contributed by atoms with van der Waals surface area (Å²) in [5.74, 6) is 1.78. The Hall–Kier alpha value is -3.32. The van der Waals surface area contributed by atoms with Crippen LogP contribution in [0.2, 0.25) is 0 Å². The molecule has 0 fully saturated rings. The number of hydrogen-bond acceptors (Lipinski definition) is 7. The first-order valence-electron chi connectivity index (χ1n) is 9.38. The molecule has 0 aliphatic carbocycles. The Morgan fingerprint density at radius 3 is 2.20 bits per heavy atom. The summed E-state index contributed by atoms with van der Waals surface area (Å²) in [5, 5.41) is 3.90. The number of thioether (sulfide) groups is 1. The van der Waals surface area contributed by atoms with Crippen molar-refractivity contribution >= 4 is 28.6 Å². The van der Waals surface area contributed by atoms with E-state index in [9.17, 15) is 0 Å². The van der Waals surface area contributed by atoms with E-state index in [0.29, 0.717) is 17.4 Å². The Morgan fingerprint density at radius 1 is 0.833 bits per heavy atom. The van der Waals surface area contributed by atoms with Crippen LogP contribution in [0.15, 0.2) is 59.8 Å². The maximum Gasteiger partial charge on any atom is 0.223 e. The monoisotopic (exact) mass is 418 g/mol. The topological polar surface area (TPSA) is 69.2 Å². The van der Waals surface area contributed by atoms with Gasteiger partial charge in [-0.3, -0.25) is 4.98 Å². The number of ether oxygens (including phenoxy) is 2. The van der Waals surface area contributed by atoms with E-state index in [4.69, 9.17) is 14.5 Å². The highest BCUT2D eigenvalue weighted by molar-refractivity contribution is 7.98. The maximum atomic E-state index is 5.49. The van der Waals surface area contributed by atoms with Gasteiger partial charge in [0.15, 0.2) is 11.5 Å². The number of hydrogen-bond donors (Lipinski definition) is 1. The Balaban J connectivity index is 1.89. The fourth-order valence-corrected chi connectivity index (χ4v) is 3.71. The molecule has 0 bridgehead atoms. The normalized spacial score (nSPS) is 10.8. The van der Waals surface area contributed by atoms with Crippen LogP contribution in [0.3, 0.4) is 0 Å². The fourth-order valence-electron chi connectivity index (χ4n) is 3.30. The smallest absolute Gasteiger partial charge is 0.223 e. The first-order valence-corrected chi connectivity index (χ1v) is 10.6. The lowest BCUT2D eigenvalue weighted by Gasteiger charge is -2.13. The van der Waals surface area contributed by atoms with Crippen molar-refractivity contribution < 1.29 is 9.47 Å². The summed E-state index contributed by atoms with van der Waals surface area (Å²) in [5.41, 5.74) is 4.57. The third-order valence-corrected chi connectivity index (χ3v) is 5.60. The van der Waals surface area contributed by atoms with Gasteiger partial charge in [0.1, 0.15) is 0 Å². The van der Waals surface area contributed by atoms with Gasteiger partial charge in [-0.2, -0.15) is 0 Å². The Bertz CT molecular complexity index is 1200. The van der Waals surface area contributed by atoms with Crippen LogP contribution >= 0.6 is 11.8 Å². The second-order valence-corrected chi connectivity index (χ2v) is 7.44. The molecule has 0 saturated carbocycles. The lowest BCUT2D eigenvalue weighted by atomic mass is 10.0. The Morgan fingerprint density at radius 2 is 1.53 bits per heavy atom. The molecule has 6 nitrogen and oxygen atoms in total. The van der Waals surface area contributed by atoms with E-state index in [1.54, 1.807) is 33.0 Å². The van der Waals surface area contributed by atoms with Crippen molar-refractivity contribution in [3.63, 3.8) is 0 Å². The number of pyridine rings is 1. The molecule has 4 aromatic rings. The van der Waals surface area contributed by atoms with E-state index in [1.807, 2.05) is 24.5 Å². The van der Waals surface area contributed by atoms with E-state index in [2.05, 4.69) is 51.9 Å². The van der Waals surface area contributed by atoms with Crippen molar-refractivity contribution in [1.82, 2.24) is 15.0 Å². The second kappa shape index (κ2) is 8.59. The third kappa shape index (κ3) is 3.76. The van der Waals surface area contributed by atoms with Gasteiger partial charge in [0.2, 0.25) is 5.95 Å². The molecule has 2 heterocycles. The molecule has 30 heavy (non-hydrogen) atoms. The van der Waals surface area contributed by atoms with Gasteiger partial charge in [0.25, 0.3) is 0 Å². The summed E-state index contributed by atoms with van der Waals surface area (Å²) in [7, 11) is 5.03. The zero-order valence-corrected chi connectivity index (χ0v) is 18.1. The van der Waals surface area contributed by atoms with Crippen molar-refractivity contribution in [3.05, 3.63) is 54.9 Å². The molecular weight excluding hydrogens is 396 g/mol. The molecule has 0 aliphatic rings. The molecule has 0 spiro atoms. The van der Waals surface area contributed by atoms with E-state index in [0.717, 1.165) is 33.3 Å². The summed E-state index contributed by atoms with van der Waals surface area (Å²) < 4.78 is 10.9. The number of benzene rings is 2. The Labute approximate surface area is 179 Å². The SMILES string of the molecule is CNc1nc(-c2cncc(-c3ccc(SC)cc3)c2)c2cc(OC)c(OC)cc2n1. The number of methoxy groups -OCH3 is 2. The van der Waals surface area contributed by atoms with Gasteiger partial charge < -0.3 is 14.8 Å². The van der Waals surface area contributed by atoms with Gasteiger partial charge in [-0.15, -0.1) is 11.8 Å². The number of anilines is 1. The van der Waals surface area contributed by atoms with Crippen LogP contribution in [0, 0.1) is 0 Å². The lowest BCUT2D eigenvalue weighted by molar-refractivity contribution is 0.356. The predicted molar refractivity (Wildman–Crippen MR) is 123 cm³/mol. The largest absolute Gasteiger partial charge is 0.493 e. The number of nitrogens with zero attached hydrogens (tertiary/aromatic N) is 3. The molecule has 4 rings (SSSR count). The van der Waals surface area contributed by atoms with Gasteiger partial charge in [-0.1, -0.05) is 12.1 Å². The Kier molecular flexibility index (Phi) is 5.72. The predicted octanol–water partition coefficient (Wildman–Crippen LogP) is 5.14. The highest BCUT2D eigenvalue weighted by atomic mass is 32.2. The van der Waals surface area contributed by atoms with Gasteiger partial charge in [-0.25, -0.2) is 9.97 Å². The summed E-state index contributed by atoms with van der Waals surface area (Å²) in [6.45, 7) is 0. The summed E-state index contributed by atoms with van der Waals surface area (Å²) >= 11 is 1.72. The van der Waals surface area contributed by atoms with E-state index >= 15 is 0 Å². The van der Waals surface area contributed by atoms with Gasteiger partial charge in [-0.05, 0) is 36.1 Å². The minimum atomic E-state index is 0.527. The highest BCUT2D eigenvalue weighted by Gasteiger charge is 2.15. The summed E-state index contributed by atoms with van der Waals surface area (Å²) in [6.07, 6.45) is 5.75. The van der Waals surface area contributed by atoms with E-state index in [-0.39, 0.29) is 0 Å². The van der Waals surface area contributed by atoms with Crippen molar-refractivity contribution in [1.29, 1.82) is 0 Å².